The summed E-state index contributed by atoms with van der Waals surface area (Å²) in [5.41, 5.74) is 2.64. The number of hydrogen-bond donors (Lipinski definition) is 1. The number of benzene rings is 1. The fourth-order valence-corrected chi connectivity index (χ4v) is 3.55. The molecule has 1 nitrogen and oxygen atoms in total. The summed E-state index contributed by atoms with van der Waals surface area (Å²) in [6, 6.07) is 11.3. The van der Waals surface area contributed by atoms with Crippen molar-refractivity contribution >= 4 is 27.3 Å². The topological polar surface area (TPSA) is 12.0 Å². The second-order valence-electron chi connectivity index (χ2n) is 4.79. The van der Waals surface area contributed by atoms with Crippen LogP contribution in [0.4, 0.5) is 0 Å². The lowest BCUT2D eigenvalue weighted by molar-refractivity contribution is 0.578. The zero-order chi connectivity index (χ0) is 13.8. The van der Waals surface area contributed by atoms with Gasteiger partial charge in [0.15, 0.2) is 0 Å². The maximum Gasteiger partial charge on any atom is 0.0386 e. The molecule has 0 aliphatic heterocycles. The standard InChI is InChI=1S/C16H20BrNS/c1-4-10-18-12(3)15-8-9-16(19-15)13-6-5-7-14(17)11(13)2/h5-9,12,18H,4,10H2,1-3H3. The van der Waals surface area contributed by atoms with Crippen LogP contribution < -0.4 is 5.32 Å². The summed E-state index contributed by atoms with van der Waals surface area (Å²) >= 11 is 5.49. The fraction of sp³-hybridized carbons (Fsp3) is 0.375. The first-order valence-corrected chi connectivity index (χ1v) is 8.33. The van der Waals surface area contributed by atoms with Crippen molar-refractivity contribution in [3.05, 3.63) is 45.2 Å². The molecule has 0 saturated carbocycles. The van der Waals surface area contributed by atoms with Crippen molar-refractivity contribution in [3.63, 3.8) is 0 Å². The van der Waals surface area contributed by atoms with Gasteiger partial charge in [-0.15, -0.1) is 11.3 Å². The molecule has 102 valence electrons. The Morgan fingerprint density at radius 1 is 1.26 bits per heavy atom. The van der Waals surface area contributed by atoms with Gasteiger partial charge in [-0.2, -0.15) is 0 Å². The number of hydrogen-bond acceptors (Lipinski definition) is 2. The van der Waals surface area contributed by atoms with Crippen LogP contribution in [0.15, 0.2) is 34.8 Å². The molecule has 0 fully saturated rings. The molecule has 1 N–H and O–H groups in total. The molecule has 1 atom stereocenters. The summed E-state index contributed by atoms with van der Waals surface area (Å²) < 4.78 is 1.18. The van der Waals surface area contributed by atoms with Crippen molar-refractivity contribution in [2.45, 2.75) is 33.2 Å². The third-order valence-electron chi connectivity index (χ3n) is 3.29. The Hall–Kier alpha value is -0.640. The van der Waals surface area contributed by atoms with Crippen LogP contribution in [-0.2, 0) is 0 Å². The van der Waals surface area contributed by atoms with Crippen LogP contribution >= 0.6 is 27.3 Å². The first-order chi connectivity index (χ1) is 9.13. The lowest BCUT2D eigenvalue weighted by Gasteiger charge is -2.10. The van der Waals surface area contributed by atoms with E-state index < -0.39 is 0 Å². The predicted molar refractivity (Wildman–Crippen MR) is 88.9 cm³/mol. The quantitative estimate of drug-likeness (QED) is 0.754. The Kier molecular flexibility index (Phi) is 5.20. The summed E-state index contributed by atoms with van der Waals surface area (Å²) in [6.07, 6.45) is 1.17. The molecule has 0 bridgehead atoms. The largest absolute Gasteiger partial charge is 0.309 e. The van der Waals surface area contributed by atoms with E-state index in [0.29, 0.717) is 6.04 Å². The molecule has 0 saturated heterocycles. The van der Waals surface area contributed by atoms with Gasteiger partial charge >= 0.3 is 0 Å². The molecule has 0 aliphatic rings. The Bertz CT molecular complexity index is 547. The first kappa shape index (κ1) is 14.8. The highest BCUT2D eigenvalue weighted by molar-refractivity contribution is 9.10. The van der Waals surface area contributed by atoms with Crippen molar-refractivity contribution in [1.29, 1.82) is 0 Å². The molecule has 1 heterocycles. The van der Waals surface area contributed by atoms with Gasteiger partial charge in [-0.1, -0.05) is 35.0 Å². The molecule has 19 heavy (non-hydrogen) atoms. The molecule has 0 aliphatic carbocycles. The Balaban J connectivity index is 2.23. The van der Waals surface area contributed by atoms with Crippen LogP contribution in [0.25, 0.3) is 10.4 Å². The van der Waals surface area contributed by atoms with E-state index in [2.05, 4.69) is 72.3 Å². The van der Waals surface area contributed by atoms with Crippen LogP contribution in [0.5, 0.6) is 0 Å². The smallest absolute Gasteiger partial charge is 0.0386 e. The van der Waals surface area contributed by atoms with Gasteiger partial charge in [-0.05, 0) is 56.1 Å². The number of halogens is 1. The predicted octanol–water partition coefficient (Wildman–Crippen LogP) is 5.55. The molecule has 2 aromatic rings. The molecule has 1 aromatic carbocycles. The molecule has 1 aromatic heterocycles. The van der Waals surface area contributed by atoms with Crippen molar-refractivity contribution in [1.82, 2.24) is 5.32 Å². The van der Waals surface area contributed by atoms with Gasteiger partial charge in [-0.25, -0.2) is 0 Å². The molecule has 1 unspecified atom stereocenters. The van der Waals surface area contributed by atoms with E-state index >= 15 is 0 Å². The van der Waals surface area contributed by atoms with Crippen molar-refractivity contribution in [2.24, 2.45) is 0 Å². The summed E-state index contributed by atoms with van der Waals surface area (Å²) in [6.45, 7) is 7.67. The van der Waals surface area contributed by atoms with Crippen molar-refractivity contribution < 1.29 is 0 Å². The highest BCUT2D eigenvalue weighted by Gasteiger charge is 2.11. The van der Waals surface area contributed by atoms with Crippen molar-refractivity contribution in [2.75, 3.05) is 6.54 Å². The molecule has 2 rings (SSSR count). The van der Waals surface area contributed by atoms with Gasteiger partial charge in [-0.3, -0.25) is 0 Å². The lowest BCUT2D eigenvalue weighted by Crippen LogP contribution is -2.18. The van der Waals surface area contributed by atoms with Gasteiger partial charge in [0, 0.05) is 20.3 Å². The molecular formula is C16H20BrNS. The maximum absolute atomic E-state index is 3.61. The summed E-state index contributed by atoms with van der Waals surface area (Å²) in [4.78, 5) is 2.75. The minimum Gasteiger partial charge on any atom is -0.309 e. The van der Waals surface area contributed by atoms with Gasteiger partial charge in [0.05, 0.1) is 0 Å². The van der Waals surface area contributed by atoms with Crippen LogP contribution in [0, 0.1) is 6.92 Å². The van der Waals surface area contributed by atoms with Crippen LogP contribution in [0.1, 0.15) is 36.8 Å². The van der Waals surface area contributed by atoms with Gasteiger partial charge in [0.25, 0.3) is 0 Å². The summed E-state index contributed by atoms with van der Waals surface area (Å²) in [5, 5.41) is 3.54. The van der Waals surface area contributed by atoms with Gasteiger partial charge < -0.3 is 5.32 Å². The molecule has 0 radical (unpaired) electrons. The van der Waals surface area contributed by atoms with E-state index in [4.69, 9.17) is 0 Å². The van der Waals surface area contributed by atoms with Gasteiger partial charge in [0.1, 0.15) is 0 Å². The zero-order valence-electron chi connectivity index (χ0n) is 11.7. The normalized spacial score (nSPS) is 12.6. The summed E-state index contributed by atoms with van der Waals surface area (Å²) in [5.74, 6) is 0. The van der Waals surface area contributed by atoms with E-state index in [1.54, 1.807) is 0 Å². The van der Waals surface area contributed by atoms with Crippen molar-refractivity contribution in [3.8, 4) is 10.4 Å². The SMILES string of the molecule is CCCNC(C)c1ccc(-c2cccc(Br)c2C)s1. The number of nitrogens with one attached hydrogen (secondary N) is 1. The molecular weight excluding hydrogens is 318 g/mol. The Labute approximate surface area is 128 Å². The Morgan fingerprint density at radius 3 is 2.79 bits per heavy atom. The fourth-order valence-electron chi connectivity index (χ4n) is 2.07. The highest BCUT2D eigenvalue weighted by Crippen LogP contribution is 2.35. The monoisotopic (exact) mass is 337 g/mol. The van der Waals surface area contributed by atoms with E-state index in [9.17, 15) is 0 Å². The van der Waals surface area contributed by atoms with E-state index in [-0.39, 0.29) is 0 Å². The van der Waals surface area contributed by atoms with Crippen LogP contribution in [0.2, 0.25) is 0 Å². The average molecular weight is 338 g/mol. The molecule has 0 spiro atoms. The Morgan fingerprint density at radius 2 is 2.05 bits per heavy atom. The van der Waals surface area contributed by atoms with Gasteiger partial charge in [0.2, 0.25) is 0 Å². The summed E-state index contributed by atoms with van der Waals surface area (Å²) in [7, 11) is 0. The van der Waals surface area contributed by atoms with E-state index in [1.165, 1.54) is 31.8 Å². The third kappa shape index (κ3) is 3.47. The van der Waals surface area contributed by atoms with Crippen LogP contribution in [-0.4, -0.2) is 6.54 Å². The maximum atomic E-state index is 3.61. The minimum absolute atomic E-state index is 0.436. The average Bonchev–Trinajstić information content (AvgIpc) is 2.88. The molecule has 0 amide bonds. The number of rotatable bonds is 5. The van der Waals surface area contributed by atoms with E-state index in [0.717, 1.165) is 6.54 Å². The minimum atomic E-state index is 0.436. The van der Waals surface area contributed by atoms with Crippen LogP contribution in [0.3, 0.4) is 0 Å². The zero-order valence-corrected chi connectivity index (χ0v) is 14.1. The van der Waals surface area contributed by atoms with E-state index in [1.807, 2.05) is 11.3 Å². The molecule has 3 heteroatoms. The lowest BCUT2D eigenvalue weighted by atomic mass is 10.1. The third-order valence-corrected chi connectivity index (χ3v) is 5.45. The second-order valence-corrected chi connectivity index (χ2v) is 6.76. The second kappa shape index (κ2) is 6.69. The number of thiophene rings is 1. The highest BCUT2D eigenvalue weighted by atomic mass is 79.9. The first-order valence-electron chi connectivity index (χ1n) is 6.72.